The Bertz CT molecular complexity index is 1010. The van der Waals surface area contributed by atoms with E-state index in [0.717, 1.165) is 27.8 Å². The van der Waals surface area contributed by atoms with E-state index in [1.807, 2.05) is 60.7 Å². The fourth-order valence-corrected chi connectivity index (χ4v) is 3.03. The number of nitrogens with two attached hydrogens (primary N) is 1. The van der Waals surface area contributed by atoms with Crippen molar-refractivity contribution < 1.29 is 14.1 Å². The Morgan fingerprint density at radius 1 is 0.960 bits per heavy atom. The molecule has 0 fully saturated rings. The Balaban J connectivity index is 2.07. The molecule has 2 heterocycles. The van der Waals surface area contributed by atoms with Crippen LogP contribution in [0, 0.1) is 0 Å². The van der Waals surface area contributed by atoms with Crippen molar-refractivity contribution in [2.75, 3.05) is 12.3 Å². The fourth-order valence-electron chi connectivity index (χ4n) is 3.03. The van der Waals surface area contributed by atoms with E-state index < -0.39 is 0 Å². The lowest BCUT2D eigenvalue weighted by atomic mass is 9.99. The molecule has 0 radical (unpaired) electrons. The van der Waals surface area contributed by atoms with Crippen molar-refractivity contribution in [2.45, 2.75) is 6.54 Å². The molecule has 0 aliphatic carbocycles. The molecule has 124 valence electrons. The molecule has 2 aromatic heterocycles. The molecule has 0 atom stereocenters. The van der Waals surface area contributed by atoms with Gasteiger partial charge in [-0.3, -0.25) is 0 Å². The quantitative estimate of drug-likeness (QED) is 0.563. The van der Waals surface area contributed by atoms with Crippen molar-refractivity contribution in [2.24, 2.45) is 0 Å². The zero-order chi connectivity index (χ0) is 17.2. The molecule has 0 saturated carbocycles. The normalized spacial score (nSPS) is 11.1. The summed E-state index contributed by atoms with van der Waals surface area (Å²) in [7, 11) is 0. The van der Waals surface area contributed by atoms with Gasteiger partial charge in [0.1, 0.15) is 11.1 Å². The third-order valence-electron chi connectivity index (χ3n) is 4.21. The average molecular weight is 332 g/mol. The molecule has 5 heteroatoms. The van der Waals surface area contributed by atoms with Crippen molar-refractivity contribution >= 4 is 16.9 Å². The second-order valence-corrected chi connectivity index (χ2v) is 5.77. The number of aliphatic hydroxyl groups excluding tert-OH is 1. The first-order valence-electron chi connectivity index (χ1n) is 8.11. The van der Waals surface area contributed by atoms with Gasteiger partial charge >= 0.3 is 5.71 Å². The highest BCUT2D eigenvalue weighted by atomic mass is 16.3. The highest BCUT2D eigenvalue weighted by molar-refractivity contribution is 6.04. The Hall–Kier alpha value is -3.18. The van der Waals surface area contributed by atoms with Gasteiger partial charge in [0.15, 0.2) is 0 Å². The Kier molecular flexibility index (Phi) is 3.91. The second-order valence-electron chi connectivity index (χ2n) is 5.77. The maximum atomic E-state index is 9.26. The molecule has 0 spiro atoms. The maximum absolute atomic E-state index is 9.26. The Morgan fingerprint density at radius 3 is 2.24 bits per heavy atom. The number of hydrogen-bond acceptors (Lipinski definition) is 4. The summed E-state index contributed by atoms with van der Waals surface area (Å²) in [5.74, 6) is 1.27. The largest absolute Gasteiger partial charge is 0.425 e. The van der Waals surface area contributed by atoms with Crippen LogP contribution in [0.15, 0.2) is 71.4 Å². The smallest absolute Gasteiger partial charge is 0.310 e. The van der Waals surface area contributed by atoms with Crippen molar-refractivity contribution in [3.63, 3.8) is 0 Å². The summed E-state index contributed by atoms with van der Waals surface area (Å²) >= 11 is 0. The third kappa shape index (κ3) is 2.64. The summed E-state index contributed by atoms with van der Waals surface area (Å²) in [5.41, 5.74) is 9.77. The van der Waals surface area contributed by atoms with Gasteiger partial charge in [0.25, 0.3) is 0 Å². The van der Waals surface area contributed by atoms with Gasteiger partial charge in [0.2, 0.25) is 12.1 Å². The summed E-state index contributed by atoms with van der Waals surface area (Å²) < 4.78 is 7.82. The first-order valence-corrected chi connectivity index (χ1v) is 8.11. The van der Waals surface area contributed by atoms with Crippen LogP contribution >= 0.6 is 0 Å². The number of furan rings is 1. The van der Waals surface area contributed by atoms with Gasteiger partial charge in [-0.1, -0.05) is 65.6 Å². The second kappa shape index (κ2) is 6.37. The zero-order valence-corrected chi connectivity index (χ0v) is 13.6. The molecule has 3 N–H and O–H groups in total. The van der Waals surface area contributed by atoms with Gasteiger partial charge in [0, 0.05) is 11.1 Å². The van der Waals surface area contributed by atoms with Gasteiger partial charge in [-0.25, -0.2) is 4.57 Å². The number of benzene rings is 2. The molecule has 0 unspecified atom stereocenters. The molecule has 4 rings (SSSR count). The summed E-state index contributed by atoms with van der Waals surface area (Å²) in [6.45, 7) is 0.376. The molecule has 0 aliphatic heterocycles. The average Bonchev–Trinajstić information content (AvgIpc) is 3.06. The molecular weight excluding hydrogens is 314 g/mol. The van der Waals surface area contributed by atoms with E-state index in [-0.39, 0.29) is 6.61 Å². The number of nitrogens with zero attached hydrogens (tertiary/aromatic N) is 2. The Labute approximate surface area is 145 Å². The minimum atomic E-state index is -0.00782. The van der Waals surface area contributed by atoms with Gasteiger partial charge in [-0.05, 0) is 5.56 Å². The molecule has 25 heavy (non-hydrogen) atoms. The number of fused-ring (bicyclic) bond motifs is 1. The fraction of sp³-hybridized carbons (Fsp3) is 0.100. The Morgan fingerprint density at radius 2 is 1.60 bits per heavy atom. The molecule has 4 aromatic rings. The van der Waals surface area contributed by atoms with Crippen molar-refractivity contribution in [1.82, 2.24) is 4.98 Å². The van der Waals surface area contributed by atoms with Crippen LogP contribution in [0.4, 0.5) is 5.82 Å². The van der Waals surface area contributed by atoms with E-state index in [4.69, 9.17) is 10.2 Å². The van der Waals surface area contributed by atoms with Gasteiger partial charge in [-0.2, -0.15) is 0 Å². The molecule has 0 bridgehead atoms. The van der Waals surface area contributed by atoms with E-state index in [9.17, 15) is 5.11 Å². The number of aliphatic hydroxyl groups is 1. The molecular formula is C20H18N3O2+. The van der Waals surface area contributed by atoms with E-state index in [0.29, 0.717) is 18.1 Å². The van der Waals surface area contributed by atoms with Crippen LogP contribution in [0.3, 0.4) is 0 Å². The minimum Gasteiger partial charge on any atom is -0.425 e. The lowest BCUT2D eigenvalue weighted by molar-refractivity contribution is -0.685. The third-order valence-corrected chi connectivity index (χ3v) is 4.21. The number of aromatic nitrogens is 2. The molecule has 2 aromatic carbocycles. The van der Waals surface area contributed by atoms with E-state index in [1.165, 1.54) is 0 Å². The van der Waals surface area contributed by atoms with Crippen LogP contribution in [-0.4, -0.2) is 16.7 Å². The van der Waals surface area contributed by atoms with E-state index >= 15 is 0 Å². The predicted molar refractivity (Wildman–Crippen MR) is 96.6 cm³/mol. The lowest BCUT2D eigenvalue weighted by Gasteiger charge is -2.05. The van der Waals surface area contributed by atoms with Crippen LogP contribution in [0.2, 0.25) is 0 Å². The zero-order valence-electron chi connectivity index (χ0n) is 13.6. The first-order chi connectivity index (χ1) is 12.3. The van der Waals surface area contributed by atoms with Crippen LogP contribution < -0.4 is 10.3 Å². The first kappa shape index (κ1) is 15.4. The topological polar surface area (TPSA) is 76.2 Å². The monoisotopic (exact) mass is 332 g/mol. The number of hydrogen-bond donors (Lipinski definition) is 2. The highest BCUT2D eigenvalue weighted by Gasteiger charge is 2.25. The maximum Gasteiger partial charge on any atom is 0.310 e. The summed E-state index contributed by atoms with van der Waals surface area (Å²) in [4.78, 5) is 4.40. The van der Waals surface area contributed by atoms with Gasteiger partial charge in [-0.15, -0.1) is 0 Å². The van der Waals surface area contributed by atoms with Crippen LogP contribution in [-0.2, 0) is 6.54 Å². The molecule has 0 amide bonds. The van der Waals surface area contributed by atoms with Crippen molar-refractivity contribution in [3.8, 4) is 22.5 Å². The number of nitrogen functional groups attached to an aromatic ring is 1. The van der Waals surface area contributed by atoms with Crippen molar-refractivity contribution in [1.29, 1.82) is 0 Å². The van der Waals surface area contributed by atoms with Gasteiger partial charge in [0.05, 0.1) is 13.2 Å². The minimum absolute atomic E-state index is 0.00782. The molecule has 0 saturated heterocycles. The standard InChI is InChI=1S/C20H17N3O2/c21-19-17-16(14-7-3-1-4-8-14)18(15-9-5-2-6-10-15)25-20(17)22-13-23(19)11-12-24/h1-10,13,21,24H,11-12H2/p+1. The van der Waals surface area contributed by atoms with Crippen LogP contribution in [0.25, 0.3) is 33.6 Å². The predicted octanol–water partition coefficient (Wildman–Crippen LogP) is 3.02. The van der Waals surface area contributed by atoms with Crippen LogP contribution in [0.1, 0.15) is 0 Å². The number of anilines is 1. The number of rotatable bonds is 4. The highest BCUT2D eigenvalue weighted by Crippen LogP contribution is 2.41. The summed E-state index contributed by atoms with van der Waals surface area (Å²) in [5, 5.41) is 10.0. The van der Waals surface area contributed by atoms with E-state index in [1.54, 1.807) is 10.9 Å². The SMILES string of the molecule is Nc1c2c(-c3ccccc3)c(-c3ccccc3)oc2nc[n+]1CCO. The summed E-state index contributed by atoms with van der Waals surface area (Å²) in [6, 6.07) is 19.9. The molecule has 0 aliphatic rings. The van der Waals surface area contributed by atoms with Crippen molar-refractivity contribution in [3.05, 3.63) is 67.0 Å². The van der Waals surface area contributed by atoms with Gasteiger partial charge < -0.3 is 15.3 Å². The lowest BCUT2D eigenvalue weighted by Crippen LogP contribution is -2.39. The summed E-state index contributed by atoms with van der Waals surface area (Å²) in [6.07, 6.45) is 1.60. The van der Waals surface area contributed by atoms with Crippen LogP contribution in [0.5, 0.6) is 0 Å². The van der Waals surface area contributed by atoms with E-state index in [2.05, 4.69) is 4.98 Å². The molecule has 5 nitrogen and oxygen atoms in total.